The molecule has 0 unspecified atom stereocenters. The molecule has 0 aromatic heterocycles. The standard InChI is InChI=1S/C11H8F3NO4/c1-17-9-3-6(5-15)8(19-11(12,13)14)4-7(9)10(16)18-2/h3-4H,1-2H3. The molecule has 19 heavy (non-hydrogen) atoms. The molecule has 0 atom stereocenters. The van der Waals surface area contributed by atoms with Crippen LogP contribution in [0.15, 0.2) is 12.1 Å². The second-order valence-corrected chi connectivity index (χ2v) is 3.20. The number of rotatable bonds is 3. The van der Waals surface area contributed by atoms with Crippen LogP contribution in [0.25, 0.3) is 0 Å². The average molecular weight is 275 g/mol. The number of nitrogens with zero attached hydrogens (tertiary/aromatic N) is 1. The van der Waals surface area contributed by atoms with E-state index in [0.29, 0.717) is 0 Å². The van der Waals surface area contributed by atoms with Crippen molar-refractivity contribution in [2.24, 2.45) is 0 Å². The average Bonchev–Trinajstić information content (AvgIpc) is 2.35. The van der Waals surface area contributed by atoms with Crippen molar-refractivity contribution in [3.63, 3.8) is 0 Å². The Bertz CT molecular complexity index is 534. The summed E-state index contributed by atoms with van der Waals surface area (Å²) in [5, 5.41) is 8.75. The minimum absolute atomic E-state index is 0.0853. The number of hydrogen-bond donors (Lipinski definition) is 0. The van der Waals surface area contributed by atoms with E-state index in [0.717, 1.165) is 19.2 Å². The monoisotopic (exact) mass is 275 g/mol. The maximum absolute atomic E-state index is 12.2. The van der Waals surface area contributed by atoms with Gasteiger partial charge >= 0.3 is 12.3 Å². The fraction of sp³-hybridized carbons (Fsp3) is 0.273. The van der Waals surface area contributed by atoms with Crippen LogP contribution in [0.3, 0.4) is 0 Å². The Morgan fingerprint density at radius 1 is 1.26 bits per heavy atom. The second kappa shape index (κ2) is 5.48. The van der Waals surface area contributed by atoms with Crippen LogP contribution < -0.4 is 9.47 Å². The molecular formula is C11H8F3NO4. The van der Waals surface area contributed by atoms with Crippen LogP contribution in [0, 0.1) is 11.3 Å². The van der Waals surface area contributed by atoms with Crippen molar-refractivity contribution >= 4 is 5.97 Å². The molecule has 0 heterocycles. The van der Waals surface area contributed by atoms with Crippen LogP contribution in [0.2, 0.25) is 0 Å². The van der Waals surface area contributed by atoms with Gasteiger partial charge in [0, 0.05) is 12.1 Å². The van der Waals surface area contributed by atoms with Crippen molar-refractivity contribution in [2.45, 2.75) is 6.36 Å². The molecule has 0 bridgehead atoms. The Hall–Kier alpha value is -2.43. The zero-order chi connectivity index (χ0) is 14.6. The largest absolute Gasteiger partial charge is 0.573 e. The van der Waals surface area contributed by atoms with E-state index in [-0.39, 0.29) is 11.3 Å². The highest BCUT2D eigenvalue weighted by Gasteiger charge is 2.33. The minimum atomic E-state index is -4.98. The summed E-state index contributed by atoms with van der Waals surface area (Å²) < 4.78 is 49.4. The van der Waals surface area contributed by atoms with Gasteiger partial charge in [-0.3, -0.25) is 0 Å². The molecule has 0 N–H and O–H groups in total. The summed E-state index contributed by atoms with van der Waals surface area (Å²) in [5.74, 6) is -1.79. The summed E-state index contributed by atoms with van der Waals surface area (Å²) in [6.45, 7) is 0. The normalized spacial score (nSPS) is 10.5. The molecule has 1 aromatic carbocycles. The highest BCUT2D eigenvalue weighted by Crippen LogP contribution is 2.32. The molecule has 0 amide bonds. The molecule has 5 nitrogen and oxygen atoms in total. The van der Waals surface area contributed by atoms with Gasteiger partial charge in [0.15, 0.2) is 0 Å². The van der Waals surface area contributed by atoms with E-state index in [2.05, 4.69) is 9.47 Å². The molecule has 102 valence electrons. The Labute approximate surface area is 106 Å². The molecule has 0 saturated heterocycles. The Morgan fingerprint density at radius 3 is 2.32 bits per heavy atom. The number of ether oxygens (including phenoxy) is 3. The van der Waals surface area contributed by atoms with E-state index in [1.54, 1.807) is 0 Å². The molecule has 0 spiro atoms. The minimum Gasteiger partial charge on any atom is -0.496 e. The summed E-state index contributed by atoms with van der Waals surface area (Å²) in [7, 11) is 2.26. The number of carbonyl (C=O) groups excluding carboxylic acids is 1. The quantitative estimate of drug-likeness (QED) is 0.791. The topological polar surface area (TPSA) is 68.5 Å². The third kappa shape index (κ3) is 3.51. The fourth-order valence-electron chi connectivity index (χ4n) is 1.29. The molecule has 0 aliphatic heterocycles. The predicted molar refractivity (Wildman–Crippen MR) is 55.7 cm³/mol. The number of carbonyl (C=O) groups is 1. The van der Waals surface area contributed by atoms with E-state index in [1.165, 1.54) is 13.2 Å². The second-order valence-electron chi connectivity index (χ2n) is 3.20. The highest BCUT2D eigenvalue weighted by atomic mass is 19.4. The van der Waals surface area contributed by atoms with Crippen molar-refractivity contribution in [3.05, 3.63) is 23.3 Å². The van der Waals surface area contributed by atoms with E-state index < -0.39 is 23.6 Å². The van der Waals surface area contributed by atoms with Gasteiger partial charge in [0.05, 0.1) is 19.8 Å². The van der Waals surface area contributed by atoms with E-state index >= 15 is 0 Å². The van der Waals surface area contributed by atoms with Gasteiger partial charge in [0.2, 0.25) is 0 Å². The van der Waals surface area contributed by atoms with Gasteiger partial charge in [-0.2, -0.15) is 5.26 Å². The Balaban J connectivity index is 3.38. The Morgan fingerprint density at radius 2 is 1.89 bits per heavy atom. The summed E-state index contributed by atoms with van der Waals surface area (Å²) >= 11 is 0. The maximum Gasteiger partial charge on any atom is 0.573 e. The van der Waals surface area contributed by atoms with Gasteiger partial charge in [-0.05, 0) is 0 Å². The number of nitriles is 1. The van der Waals surface area contributed by atoms with Gasteiger partial charge in [-0.25, -0.2) is 4.79 Å². The third-order valence-corrected chi connectivity index (χ3v) is 2.05. The van der Waals surface area contributed by atoms with Gasteiger partial charge in [-0.15, -0.1) is 13.2 Å². The first-order valence-electron chi connectivity index (χ1n) is 4.78. The van der Waals surface area contributed by atoms with Crippen LogP contribution in [-0.4, -0.2) is 26.6 Å². The number of hydrogen-bond acceptors (Lipinski definition) is 5. The molecule has 0 radical (unpaired) electrons. The van der Waals surface area contributed by atoms with Crippen LogP contribution in [0.4, 0.5) is 13.2 Å². The summed E-state index contributed by atoms with van der Waals surface area (Å²) in [6, 6.07) is 3.23. The lowest BCUT2D eigenvalue weighted by Gasteiger charge is -2.13. The number of esters is 1. The van der Waals surface area contributed by atoms with Crippen molar-refractivity contribution in [1.29, 1.82) is 5.26 Å². The Kier molecular flexibility index (Phi) is 4.22. The van der Waals surface area contributed by atoms with Gasteiger partial charge in [-0.1, -0.05) is 0 Å². The van der Waals surface area contributed by atoms with Crippen molar-refractivity contribution in [1.82, 2.24) is 0 Å². The van der Waals surface area contributed by atoms with Gasteiger partial charge in [0.25, 0.3) is 0 Å². The van der Waals surface area contributed by atoms with Crippen molar-refractivity contribution in [2.75, 3.05) is 14.2 Å². The van der Waals surface area contributed by atoms with Crippen LogP contribution in [0.1, 0.15) is 15.9 Å². The molecule has 0 aliphatic rings. The lowest BCUT2D eigenvalue weighted by atomic mass is 10.1. The number of methoxy groups -OCH3 is 2. The molecule has 0 aliphatic carbocycles. The van der Waals surface area contributed by atoms with Crippen molar-refractivity contribution < 1.29 is 32.2 Å². The van der Waals surface area contributed by atoms with Crippen LogP contribution in [0.5, 0.6) is 11.5 Å². The van der Waals surface area contributed by atoms with Crippen molar-refractivity contribution in [3.8, 4) is 17.6 Å². The molecule has 1 rings (SSSR count). The summed E-state index contributed by atoms with van der Waals surface area (Å²) in [6.07, 6.45) is -4.98. The number of benzene rings is 1. The molecule has 1 aromatic rings. The van der Waals surface area contributed by atoms with Crippen LogP contribution in [-0.2, 0) is 4.74 Å². The predicted octanol–water partition coefficient (Wildman–Crippen LogP) is 2.25. The zero-order valence-corrected chi connectivity index (χ0v) is 9.87. The molecule has 8 heteroatoms. The van der Waals surface area contributed by atoms with E-state index in [4.69, 9.17) is 10.00 Å². The lowest BCUT2D eigenvalue weighted by molar-refractivity contribution is -0.274. The fourth-order valence-corrected chi connectivity index (χ4v) is 1.29. The number of alkyl halides is 3. The molecule has 0 fully saturated rings. The smallest absolute Gasteiger partial charge is 0.496 e. The summed E-state index contributed by atoms with van der Waals surface area (Å²) in [5.41, 5.74) is -0.690. The van der Waals surface area contributed by atoms with Crippen LogP contribution >= 0.6 is 0 Å². The molecular weight excluding hydrogens is 267 g/mol. The maximum atomic E-state index is 12.2. The first-order chi connectivity index (χ1) is 8.82. The zero-order valence-electron chi connectivity index (χ0n) is 9.87. The first-order valence-corrected chi connectivity index (χ1v) is 4.78. The summed E-state index contributed by atoms with van der Waals surface area (Å²) in [4.78, 5) is 11.4. The SMILES string of the molecule is COC(=O)c1cc(OC(F)(F)F)c(C#N)cc1OC. The first kappa shape index (κ1) is 14.6. The van der Waals surface area contributed by atoms with Gasteiger partial charge < -0.3 is 14.2 Å². The number of halogens is 3. The highest BCUT2D eigenvalue weighted by molar-refractivity contribution is 5.93. The lowest BCUT2D eigenvalue weighted by Crippen LogP contribution is -2.18. The third-order valence-electron chi connectivity index (χ3n) is 2.05. The van der Waals surface area contributed by atoms with Gasteiger partial charge in [0.1, 0.15) is 23.1 Å². The molecule has 0 saturated carbocycles. The van der Waals surface area contributed by atoms with E-state index in [1.807, 2.05) is 0 Å². The van der Waals surface area contributed by atoms with E-state index in [9.17, 15) is 18.0 Å².